The third-order valence-electron chi connectivity index (χ3n) is 7.22. The third kappa shape index (κ3) is 6.63. The fourth-order valence-electron chi connectivity index (χ4n) is 5.29. The number of carboxylic acids is 1. The lowest BCUT2D eigenvalue weighted by Gasteiger charge is -2.36. The lowest BCUT2D eigenvalue weighted by molar-refractivity contribution is -0.149. The van der Waals surface area contributed by atoms with Crippen molar-refractivity contribution in [1.29, 1.82) is 0 Å². The molecule has 0 spiro atoms. The summed E-state index contributed by atoms with van der Waals surface area (Å²) in [5, 5.41) is 11.9. The number of carbonyl (C=O) groups is 4. The normalized spacial score (nSPS) is 26.1. The summed E-state index contributed by atoms with van der Waals surface area (Å²) in [4.78, 5) is 54.2. The molecule has 5 atom stereocenters. The minimum atomic E-state index is -1.20. The van der Waals surface area contributed by atoms with Crippen molar-refractivity contribution in [2.45, 2.75) is 63.9 Å². The number of likely N-dealkylation sites (N-methyl/N-ethyl adjacent to an activating group) is 1. The van der Waals surface area contributed by atoms with Crippen LogP contribution in [0.1, 0.15) is 39.2 Å². The highest BCUT2D eigenvalue weighted by Crippen LogP contribution is 2.45. The van der Waals surface area contributed by atoms with Crippen molar-refractivity contribution in [3.05, 3.63) is 29.8 Å². The minimum absolute atomic E-state index is 0.0185. The molecule has 208 valence electrons. The second kappa shape index (κ2) is 11.3. The molecule has 3 heterocycles. The molecule has 1 aromatic rings. The van der Waals surface area contributed by atoms with Crippen LogP contribution in [0.4, 0.5) is 4.79 Å². The van der Waals surface area contributed by atoms with E-state index in [1.807, 2.05) is 11.9 Å². The van der Waals surface area contributed by atoms with Gasteiger partial charge in [-0.1, -0.05) is 12.1 Å². The summed E-state index contributed by atoms with van der Waals surface area (Å²) in [5.74, 6) is -2.64. The smallest absolute Gasteiger partial charge is 0.408 e. The van der Waals surface area contributed by atoms with Gasteiger partial charge < -0.3 is 34.4 Å². The number of alkyl carbamates (subject to hydrolysis) is 1. The van der Waals surface area contributed by atoms with Gasteiger partial charge in [-0.15, -0.1) is 0 Å². The van der Waals surface area contributed by atoms with Crippen LogP contribution in [0.15, 0.2) is 24.3 Å². The molecule has 0 radical (unpaired) electrons. The summed E-state index contributed by atoms with van der Waals surface area (Å²) in [5.41, 5.74) is -0.129. The molecule has 3 aliphatic rings. The molecule has 2 amide bonds. The van der Waals surface area contributed by atoms with Gasteiger partial charge in [0.05, 0.1) is 24.0 Å². The van der Waals surface area contributed by atoms with Crippen LogP contribution in [-0.2, 0) is 30.3 Å². The lowest BCUT2D eigenvalue weighted by Crippen LogP contribution is -2.52. The fraction of sp³-hybridized carbons (Fsp3) is 0.630. The van der Waals surface area contributed by atoms with Crippen LogP contribution in [-0.4, -0.2) is 95.9 Å². The summed E-state index contributed by atoms with van der Waals surface area (Å²) in [7, 11) is 2.02. The first-order chi connectivity index (χ1) is 17.9. The molecule has 3 aliphatic heterocycles. The first-order valence-electron chi connectivity index (χ1n) is 13.1. The van der Waals surface area contributed by atoms with E-state index in [0.717, 1.165) is 25.9 Å². The van der Waals surface area contributed by atoms with Crippen LogP contribution >= 0.6 is 0 Å². The number of hydrogen-bond donors (Lipinski definition) is 2. The molecule has 4 rings (SSSR count). The van der Waals surface area contributed by atoms with Gasteiger partial charge in [-0.2, -0.15) is 0 Å². The van der Waals surface area contributed by atoms with E-state index in [4.69, 9.17) is 14.2 Å². The van der Waals surface area contributed by atoms with E-state index < -0.39 is 41.5 Å². The maximum atomic E-state index is 13.4. The van der Waals surface area contributed by atoms with Crippen LogP contribution in [0.25, 0.3) is 0 Å². The Balaban J connectivity index is 1.37. The maximum Gasteiger partial charge on any atom is 0.408 e. The molecular formula is C27H37N3O8. The standard InChI is InChI=1S/C27H37N3O8/c1-27(2,3)38-26(35)28-18(24(32)33)15-16-5-7-17(8-6-16)36-25(34)22-20-10-9-19(37-20)21(22)23(31)30-13-11-29(4)12-14-30/h5-8,18-22H,9-15H2,1-4H3,(H,28,35)(H,32,33)/t18?,19-,20-,21?,22?/m1/s1. The number of piperazine rings is 1. The van der Waals surface area contributed by atoms with Crippen LogP contribution in [0.3, 0.4) is 0 Å². The van der Waals surface area contributed by atoms with Gasteiger partial charge in [0.15, 0.2) is 0 Å². The molecule has 3 fully saturated rings. The molecule has 3 unspecified atom stereocenters. The molecule has 2 N–H and O–H groups in total. The highest BCUT2D eigenvalue weighted by molar-refractivity contribution is 5.88. The van der Waals surface area contributed by atoms with Gasteiger partial charge in [0.2, 0.25) is 5.91 Å². The Hall–Kier alpha value is -3.18. The van der Waals surface area contributed by atoms with E-state index in [1.165, 1.54) is 0 Å². The number of benzene rings is 1. The Bertz CT molecular complexity index is 1050. The van der Waals surface area contributed by atoms with Crippen molar-refractivity contribution in [2.75, 3.05) is 33.2 Å². The number of aliphatic carboxylic acids is 1. The van der Waals surface area contributed by atoms with Crippen molar-refractivity contribution in [3.63, 3.8) is 0 Å². The van der Waals surface area contributed by atoms with E-state index in [9.17, 15) is 24.3 Å². The van der Waals surface area contributed by atoms with Gasteiger partial charge in [0.25, 0.3) is 0 Å². The summed E-state index contributed by atoms with van der Waals surface area (Å²) >= 11 is 0. The highest BCUT2D eigenvalue weighted by atomic mass is 16.6. The average Bonchev–Trinajstić information content (AvgIpc) is 3.45. The Morgan fingerprint density at radius 1 is 1.03 bits per heavy atom. The number of carbonyl (C=O) groups excluding carboxylic acids is 3. The molecule has 11 nitrogen and oxygen atoms in total. The highest BCUT2D eigenvalue weighted by Gasteiger charge is 2.57. The molecule has 3 saturated heterocycles. The second-order valence-electron chi connectivity index (χ2n) is 11.3. The maximum absolute atomic E-state index is 13.4. The number of hydrogen-bond acceptors (Lipinski definition) is 8. The zero-order valence-corrected chi connectivity index (χ0v) is 22.3. The van der Waals surface area contributed by atoms with Crippen molar-refractivity contribution in [2.24, 2.45) is 11.8 Å². The molecular weight excluding hydrogens is 494 g/mol. The van der Waals surface area contributed by atoms with E-state index in [0.29, 0.717) is 24.4 Å². The second-order valence-corrected chi connectivity index (χ2v) is 11.3. The van der Waals surface area contributed by atoms with E-state index >= 15 is 0 Å². The Morgan fingerprint density at radius 3 is 2.21 bits per heavy atom. The van der Waals surface area contributed by atoms with Crippen molar-refractivity contribution < 1.29 is 38.5 Å². The van der Waals surface area contributed by atoms with E-state index in [2.05, 4.69) is 10.2 Å². The third-order valence-corrected chi connectivity index (χ3v) is 7.22. The zero-order valence-electron chi connectivity index (χ0n) is 22.3. The van der Waals surface area contributed by atoms with Gasteiger partial charge in [-0.3, -0.25) is 9.59 Å². The number of fused-ring (bicyclic) bond motifs is 2. The van der Waals surface area contributed by atoms with Crippen molar-refractivity contribution in [1.82, 2.24) is 15.1 Å². The minimum Gasteiger partial charge on any atom is -0.480 e. The fourth-order valence-corrected chi connectivity index (χ4v) is 5.29. The number of carboxylic acid groups (broad SMARTS) is 1. The van der Waals surface area contributed by atoms with Gasteiger partial charge in [0.1, 0.15) is 17.4 Å². The van der Waals surface area contributed by atoms with Crippen LogP contribution in [0.5, 0.6) is 5.75 Å². The van der Waals surface area contributed by atoms with Crippen LogP contribution in [0, 0.1) is 11.8 Å². The number of nitrogens with one attached hydrogen (secondary N) is 1. The van der Waals surface area contributed by atoms with Gasteiger partial charge >= 0.3 is 18.0 Å². The quantitative estimate of drug-likeness (QED) is 0.398. The lowest BCUT2D eigenvalue weighted by atomic mass is 9.78. The number of nitrogens with zero attached hydrogens (tertiary/aromatic N) is 2. The van der Waals surface area contributed by atoms with Crippen LogP contribution in [0.2, 0.25) is 0 Å². The Labute approximate surface area is 222 Å². The van der Waals surface area contributed by atoms with Gasteiger partial charge in [-0.25, -0.2) is 9.59 Å². The number of esters is 1. The zero-order chi connectivity index (χ0) is 27.6. The summed E-state index contributed by atoms with van der Waals surface area (Å²) in [6, 6.07) is 5.24. The summed E-state index contributed by atoms with van der Waals surface area (Å²) in [6.07, 6.45) is 0.0852. The van der Waals surface area contributed by atoms with Gasteiger partial charge in [-0.05, 0) is 58.4 Å². The molecule has 2 bridgehead atoms. The molecule has 0 aliphatic carbocycles. The first-order valence-corrected chi connectivity index (χ1v) is 13.1. The first kappa shape index (κ1) is 27.8. The SMILES string of the molecule is CN1CCN(C(=O)C2C(C(=O)Oc3ccc(CC(NC(=O)OC(C)(C)C)C(=O)O)cc3)[C@H]3CC[C@H]2O3)CC1. The number of ether oxygens (including phenoxy) is 3. The monoisotopic (exact) mass is 531 g/mol. The number of amides is 2. The molecule has 1 aromatic carbocycles. The molecule has 38 heavy (non-hydrogen) atoms. The predicted molar refractivity (Wildman–Crippen MR) is 136 cm³/mol. The predicted octanol–water partition coefficient (Wildman–Crippen LogP) is 1.68. The molecule has 0 aromatic heterocycles. The van der Waals surface area contributed by atoms with E-state index in [-0.39, 0.29) is 24.5 Å². The van der Waals surface area contributed by atoms with Crippen LogP contribution < -0.4 is 10.1 Å². The summed E-state index contributed by atoms with van der Waals surface area (Å²) < 4.78 is 16.8. The van der Waals surface area contributed by atoms with Crippen molar-refractivity contribution >= 4 is 23.9 Å². The molecule has 0 saturated carbocycles. The Morgan fingerprint density at radius 2 is 1.63 bits per heavy atom. The average molecular weight is 532 g/mol. The van der Waals surface area contributed by atoms with Gasteiger partial charge in [0, 0.05) is 32.6 Å². The number of rotatable bonds is 7. The largest absolute Gasteiger partial charge is 0.480 e. The Kier molecular flexibility index (Phi) is 8.27. The molecule has 11 heteroatoms. The van der Waals surface area contributed by atoms with Crippen molar-refractivity contribution in [3.8, 4) is 5.75 Å². The van der Waals surface area contributed by atoms with E-state index in [1.54, 1.807) is 45.0 Å². The topological polar surface area (TPSA) is 135 Å². The summed E-state index contributed by atoms with van der Waals surface area (Å²) in [6.45, 7) is 7.93.